The number of nitrogens with zero attached hydrogens (tertiary/aromatic N) is 2. The zero-order chi connectivity index (χ0) is 14.3. The van der Waals surface area contributed by atoms with Crippen LogP contribution in [-0.2, 0) is 18.4 Å². The first-order valence-electron chi connectivity index (χ1n) is 6.21. The summed E-state index contributed by atoms with van der Waals surface area (Å²) in [5, 5.41) is 14.0. The van der Waals surface area contributed by atoms with Crippen molar-refractivity contribution in [2.45, 2.75) is 38.8 Å². The van der Waals surface area contributed by atoms with E-state index >= 15 is 0 Å². The summed E-state index contributed by atoms with van der Waals surface area (Å²) in [6.45, 7) is 2.21. The molecule has 1 heterocycles. The van der Waals surface area contributed by atoms with Crippen LogP contribution in [0.15, 0.2) is 12.4 Å². The van der Waals surface area contributed by atoms with Crippen LogP contribution in [0.3, 0.4) is 0 Å². The lowest BCUT2D eigenvalue weighted by molar-refractivity contribution is -0.137. The van der Waals surface area contributed by atoms with Gasteiger partial charge in [0.15, 0.2) is 0 Å². The van der Waals surface area contributed by atoms with E-state index in [-0.39, 0.29) is 18.5 Å². The van der Waals surface area contributed by atoms with Crippen molar-refractivity contribution in [1.82, 2.24) is 20.2 Å². The normalized spacial score (nSPS) is 11.9. The van der Waals surface area contributed by atoms with E-state index in [1.165, 1.54) is 0 Å². The molecule has 1 atom stereocenters. The second-order valence-electron chi connectivity index (χ2n) is 4.47. The summed E-state index contributed by atoms with van der Waals surface area (Å²) in [5.74, 6) is -0.0416. The molecule has 1 aromatic heterocycles. The highest BCUT2D eigenvalue weighted by atomic mass is 16.4. The molecule has 0 bridgehead atoms. The fourth-order valence-electron chi connectivity index (χ4n) is 1.63. The number of hydrogen-bond donors (Lipinski definition) is 3. The van der Waals surface area contributed by atoms with Crippen LogP contribution in [0.1, 0.15) is 32.0 Å². The molecule has 1 aromatic rings. The molecule has 0 aromatic carbocycles. The van der Waals surface area contributed by atoms with E-state index in [0.717, 1.165) is 5.82 Å². The van der Waals surface area contributed by atoms with Crippen LogP contribution in [0.5, 0.6) is 0 Å². The number of aryl methyl sites for hydroxylation is 1. The molecule has 1 rings (SSSR count). The molecule has 19 heavy (non-hydrogen) atoms. The molecule has 1 unspecified atom stereocenters. The molecule has 0 aliphatic rings. The summed E-state index contributed by atoms with van der Waals surface area (Å²) in [7, 11) is 1.86. The van der Waals surface area contributed by atoms with Crippen molar-refractivity contribution in [1.29, 1.82) is 0 Å². The van der Waals surface area contributed by atoms with E-state index in [1.54, 1.807) is 6.20 Å². The molecule has 2 amide bonds. The van der Waals surface area contributed by atoms with Crippen molar-refractivity contribution in [3.8, 4) is 0 Å². The first-order chi connectivity index (χ1) is 8.99. The summed E-state index contributed by atoms with van der Waals surface area (Å²) in [6, 6.07) is -0.327. The number of carboxylic acid groups (broad SMARTS) is 1. The summed E-state index contributed by atoms with van der Waals surface area (Å²) >= 11 is 0. The van der Waals surface area contributed by atoms with Crippen LogP contribution in [0.4, 0.5) is 4.79 Å². The predicted octanol–water partition coefficient (Wildman–Crippen LogP) is 0.863. The van der Waals surface area contributed by atoms with Crippen molar-refractivity contribution in [2.24, 2.45) is 7.05 Å². The van der Waals surface area contributed by atoms with Gasteiger partial charge in [-0.3, -0.25) is 4.79 Å². The van der Waals surface area contributed by atoms with Gasteiger partial charge in [-0.15, -0.1) is 0 Å². The molecule has 0 saturated carbocycles. The van der Waals surface area contributed by atoms with Gasteiger partial charge in [0.1, 0.15) is 5.82 Å². The maximum atomic E-state index is 11.6. The molecule has 106 valence electrons. The fraction of sp³-hybridized carbons (Fsp3) is 0.583. The number of carbonyl (C=O) groups is 2. The van der Waals surface area contributed by atoms with Crippen LogP contribution >= 0.6 is 0 Å². The number of hydrogen-bond acceptors (Lipinski definition) is 3. The number of imidazole rings is 1. The third kappa shape index (κ3) is 5.89. The second kappa shape index (κ2) is 7.40. The molecule has 0 spiro atoms. The zero-order valence-electron chi connectivity index (χ0n) is 11.2. The first kappa shape index (κ1) is 15.0. The van der Waals surface area contributed by atoms with Gasteiger partial charge in [0, 0.05) is 31.9 Å². The third-order valence-corrected chi connectivity index (χ3v) is 2.73. The van der Waals surface area contributed by atoms with Crippen LogP contribution in [0.2, 0.25) is 0 Å². The number of aliphatic carboxylic acids is 1. The third-order valence-electron chi connectivity index (χ3n) is 2.73. The lowest BCUT2D eigenvalue weighted by Crippen LogP contribution is -2.40. The minimum atomic E-state index is -0.813. The van der Waals surface area contributed by atoms with Gasteiger partial charge in [-0.25, -0.2) is 9.78 Å². The monoisotopic (exact) mass is 268 g/mol. The number of amides is 2. The standard InChI is InChI=1S/C12H20N4O3/c1-9(4-3-5-11(17)18)15-12(19)14-8-10-13-6-7-16(10)2/h6-7,9H,3-5,8H2,1-2H3,(H,17,18)(H2,14,15,19). The minimum Gasteiger partial charge on any atom is -0.481 e. The highest BCUT2D eigenvalue weighted by Crippen LogP contribution is 2.00. The van der Waals surface area contributed by atoms with Crippen molar-refractivity contribution < 1.29 is 14.7 Å². The van der Waals surface area contributed by atoms with E-state index in [0.29, 0.717) is 19.4 Å². The topological polar surface area (TPSA) is 96.2 Å². The highest BCUT2D eigenvalue weighted by molar-refractivity contribution is 5.74. The van der Waals surface area contributed by atoms with Gasteiger partial charge in [0.2, 0.25) is 0 Å². The molecule has 0 saturated heterocycles. The van der Waals surface area contributed by atoms with E-state index in [9.17, 15) is 9.59 Å². The van der Waals surface area contributed by atoms with Gasteiger partial charge in [0.05, 0.1) is 6.54 Å². The molecular weight excluding hydrogens is 248 g/mol. The van der Waals surface area contributed by atoms with E-state index < -0.39 is 5.97 Å². The van der Waals surface area contributed by atoms with Crippen molar-refractivity contribution in [3.05, 3.63) is 18.2 Å². The maximum Gasteiger partial charge on any atom is 0.315 e. The molecule has 7 heteroatoms. The van der Waals surface area contributed by atoms with E-state index in [4.69, 9.17) is 5.11 Å². The van der Waals surface area contributed by atoms with Crippen molar-refractivity contribution >= 4 is 12.0 Å². The Morgan fingerprint density at radius 3 is 2.84 bits per heavy atom. The quantitative estimate of drug-likeness (QED) is 0.683. The Labute approximate surface area is 112 Å². The number of carboxylic acids is 1. The van der Waals surface area contributed by atoms with Crippen LogP contribution in [0.25, 0.3) is 0 Å². The van der Waals surface area contributed by atoms with Gasteiger partial charge in [-0.05, 0) is 19.8 Å². The van der Waals surface area contributed by atoms with Gasteiger partial charge >= 0.3 is 12.0 Å². The molecule has 7 nitrogen and oxygen atoms in total. The number of urea groups is 1. The summed E-state index contributed by atoms with van der Waals surface area (Å²) < 4.78 is 1.83. The Morgan fingerprint density at radius 2 is 2.26 bits per heavy atom. The highest BCUT2D eigenvalue weighted by Gasteiger charge is 2.08. The van der Waals surface area contributed by atoms with E-state index in [2.05, 4.69) is 15.6 Å². The molecule has 0 aliphatic heterocycles. The average molecular weight is 268 g/mol. The fourth-order valence-corrected chi connectivity index (χ4v) is 1.63. The molecule has 0 aliphatic carbocycles. The van der Waals surface area contributed by atoms with Crippen LogP contribution < -0.4 is 10.6 Å². The number of nitrogens with one attached hydrogen (secondary N) is 2. The Hall–Kier alpha value is -2.05. The predicted molar refractivity (Wildman–Crippen MR) is 69.5 cm³/mol. The number of aromatic nitrogens is 2. The maximum absolute atomic E-state index is 11.6. The minimum absolute atomic E-state index is 0.0549. The van der Waals surface area contributed by atoms with Gasteiger partial charge in [-0.2, -0.15) is 0 Å². The van der Waals surface area contributed by atoms with Crippen LogP contribution in [-0.4, -0.2) is 32.7 Å². The number of rotatable bonds is 7. The van der Waals surface area contributed by atoms with Gasteiger partial charge in [0.25, 0.3) is 0 Å². The molecular formula is C12H20N4O3. The van der Waals surface area contributed by atoms with Crippen molar-refractivity contribution in [3.63, 3.8) is 0 Å². The largest absolute Gasteiger partial charge is 0.481 e. The van der Waals surface area contributed by atoms with Gasteiger partial charge in [-0.1, -0.05) is 0 Å². The Morgan fingerprint density at radius 1 is 1.53 bits per heavy atom. The zero-order valence-corrected chi connectivity index (χ0v) is 11.2. The SMILES string of the molecule is CC(CCCC(=O)O)NC(=O)NCc1nccn1C. The Balaban J connectivity index is 2.20. The van der Waals surface area contributed by atoms with Crippen molar-refractivity contribution in [2.75, 3.05) is 0 Å². The lowest BCUT2D eigenvalue weighted by atomic mass is 10.1. The Kier molecular flexibility index (Phi) is 5.84. The summed E-state index contributed by atoms with van der Waals surface area (Å²) in [6.07, 6.45) is 4.80. The summed E-state index contributed by atoms with van der Waals surface area (Å²) in [4.78, 5) is 26.0. The summed E-state index contributed by atoms with van der Waals surface area (Å²) in [5.41, 5.74) is 0. The first-order valence-corrected chi connectivity index (χ1v) is 6.21. The second-order valence-corrected chi connectivity index (χ2v) is 4.47. The number of carbonyl (C=O) groups excluding carboxylic acids is 1. The average Bonchev–Trinajstić information content (AvgIpc) is 2.71. The Bertz CT molecular complexity index is 430. The smallest absolute Gasteiger partial charge is 0.315 e. The lowest BCUT2D eigenvalue weighted by Gasteiger charge is -2.14. The van der Waals surface area contributed by atoms with Crippen LogP contribution in [0, 0.1) is 0 Å². The molecule has 0 fully saturated rings. The molecule has 0 radical (unpaired) electrons. The van der Waals surface area contributed by atoms with E-state index in [1.807, 2.05) is 24.7 Å². The molecule has 3 N–H and O–H groups in total. The van der Waals surface area contributed by atoms with Gasteiger partial charge < -0.3 is 20.3 Å².